The maximum absolute atomic E-state index is 14.9. The normalized spacial score (nSPS) is 14.5. The van der Waals surface area contributed by atoms with Crippen LogP contribution in [-0.2, 0) is 11.4 Å². The molecule has 4 rings (SSSR count). The first-order valence-electron chi connectivity index (χ1n) is 9.93. The Morgan fingerprint density at radius 1 is 1.16 bits per heavy atom. The molecule has 1 fully saturated rings. The molecule has 162 valence electrons. The lowest BCUT2D eigenvalue weighted by Gasteiger charge is -2.20. The van der Waals surface area contributed by atoms with Crippen molar-refractivity contribution < 1.29 is 23.1 Å². The van der Waals surface area contributed by atoms with Crippen molar-refractivity contribution in [3.63, 3.8) is 0 Å². The fourth-order valence-corrected chi connectivity index (χ4v) is 4.67. The molecule has 1 aromatic heterocycles. The van der Waals surface area contributed by atoms with Gasteiger partial charge in [-0.15, -0.1) is 11.3 Å². The van der Waals surface area contributed by atoms with Crippen molar-refractivity contribution in [1.82, 2.24) is 10.3 Å². The second-order valence-corrected chi connectivity index (χ2v) is 8.95. The maximum Gasteiger partial charge on any atom is 0.263 e. The number of fused-ring (bicyclic) bond motifs is 1. The molecule has 0 atom stereocenters. The van der Waals surface area contributed by atoms with Crippen molar-refractivity contribution in [1.29, 1.82) is 0 Å². The van der Waals surface area contributed by atoms with Crippen molar-refractivity contribution in [2.45, 2.75) is 38.7 Å². The van der Waals surface area contributed by atoms with E-state index in [-0.39, 0.29) is 18.3 Å². The van der Waals surface area contributed by atoms with Gasteiger partial charge in [-0.25, -0.2) is 13.8 Å². The molecule has 31 heavy (non-hydrogen) atoms. The van der Waals surface area contributed by atoms with E-state index in [9.17, 15) is 18.4 Å². The molecular weight excluding hydrogens is 446 g/mol. The number of hydrogen-bond donors (Lipinski definition) is 1. The fourth-order valence-electron chi connectivity index (χ4n) is 3.64. The van der Waals surface area contributed by atoms with Crippen molar-refractivity contribution in [2.75, 3.05) is 0 Å². The van der Waals surface area contributed by atoms with Crippen LogP contribution in [0.5, 0.6) is 5.75 Å². The summed E-state index contributed by atoms with van der Waals surface area (Å²) in [7, 11) is 0. The zero-order chi connectivity index (χ0) is 22.0. The Labute approximate surface area is 186 Å². The molecule has 0 spiro atoms. The van der Waals surface area contributed by atoms with Gasteiger partial charge in [0.1, 0.15) is 23.0 Å². The summed E-state index contributed by atoms with van der Waals surface area (Å²) in [6.45, 7) is -0.0679. The monoisotopic (exact) mass is 464 g/mol. The van der Waals surface area contributed by atoms with E-state index in [4.69, 9.17) is 16.3 Å². The molecule has 1 heterocycles. The van der Waals surface area contributed by atoms with E-state index >= 15 is 0 Å². The maximum atomic E-state index is 14.9. The highest BCUT2D eigenvalue weighted by molar-refractivity contribution is 7.18. The molecule has 0 bridgehead atoms. The van der Waals surface area contributed by atoms with Crippen LogP contribution in [0.1, 0.15) is 47.5 Å². The first kappa shape index (κ1) is 21.6. The molecular formula is C22H19ClF2N2O3S. The van der Waals surface area contributed by atoms with Crippen molar-refractivity contribution >= 4 is 45.0 Å². The number of aromatic nitrogens is 1. The number of rotatable bonds is 5. The summed E-state index contributed by atoms with van der Waals surface area (Å²) < 4.78 is 35.4. The second-order valence-electron chi connectivity index (χ2n) is 7.40. The van der Waals surface area contributed by atoms with Crippen molar-refractivity contribution in [3.8, 4) is 5.75 Å². The summed E-state index contributed by atoms with van der Waals surface area (Å²) in [4.78, 5) is 29.1. The molecule has 2 aromatic carbocycles. The summed E-state index contributed by atoms with van der Waals surface area (Å²) in [5.74, 6) is -4.43. The first-order chi connectivity index (χ1) is 14.9. The van der Waals surface area contributed by atoms with Gasteiger partial charge in [0.15, 0.2) is 11.6 Å². The van der Waals surface area contributed by atoms with Crippen LogP contribution in [0, 0.1) is 17.6 Å². The molecule has 1 saturated carbocycles. The Balaban J connectivity index is 1.48. The zero-order valence-corrected chi connectivity index (χ0v) is 18.0. The molecule has 0 radical (unpaired) electrons. The van der Waals surface area contributed by atoms with E-state index in [1.165, 1.54) is 11.3 Å². The van der Waals surface area contributed by atoms with Gasteiger partial charge in [-0.1, -0.05) is 30.9 Å². The zero-order valence-electron chi connectivity index (χ0n) is 16.4. The van der Waals surface area contributed by atoms with Gasteiger partial charge in [-0.2, -0.15) is 0 Å². The minimum atomic E-state index is -1.15. The highest BCUT2D eigenvalue weighted by Gasteiger charge is 2.27. The van der Waals surface area contributed by atoms with E-state index in [1.54, 1.807) is 12.1 Å². The van der Waals surface area contributed by atoms with E-state index in [1.807, 2.05) is 6.07 Å². The van der Waals surface area contributed by atoms with Crippen LogP contribution in [0.2, 0.25) is 5.02 Å². The summed E-state index contributed by atoms with van der Waals surface area (Å²) in [5.41, 5.74) is -0.144. The number of nitrogens with zero attached hydrogens (tertiary/aromatic N) is 1. The van der Waals surface area contributed by atoms with E-state index in [0.29, 0.717) is 28.4 Å². The topological polar surface area (TPSA) is 68.3 Å². The average Bonchev–Trinajstić information content (AvgIpc) is 3.15. The second kappa shape index (κ2) is 9.28. The van der Waals surface area contributed by atoms with Crippen LogP contribution in [0.15, 0.2) is 30.3 Å². The molecule has 3 aromatic rings. The molecule has 5 nitrogen and oxygen atoms in total. The molecule has 1 aliphatic carbocycles. The lowest BCUT2D eigenvalue weighted by Crippen LogP contribution is -2.37. The molecule has 9 heteroatoms. The van der Waals surface area contributed by atoms with Crippen LogP contribution in [-0.4, -0.2) is 16.8 Å². The molecule has 1 aliphatic rings. The van der Waals surface area contributed by atoms with Crippen LogP contribution in [0.4, 0.5) is 8.78 Å². The number of benzene rings is 2. The van der Waals surface area contributed by atoms with E-state index in [2.05, 4.69) is 10.3 Å². The van der Waals surface area contributed by atoms with E-state index < -0.39 is 29.0 Å². The van der Waals surface area contributed by atoms with Crippen molar-refractivity contribution in [2.24, 2.45) is 5.92 Å². The third-order valence-electron chi connectivity index (χ3n) is 5.24. The van der Waals surface area contributed by atoms with Gasteiger partial charge in [0.05, 0.1) is 10.2 Å². The lowest BCUT2D eigenvalue weighted by molar-refractivity contribution is -0.124. The van der Waals surface area contributed by atoms with Gasteiger partial charge >= 0.3 is 0 Å². The molecule has 2 amide bonds. The molecule has 0 aliphatic heterocycles. The Kier molecular flexibility index (Phi) is 6.48. The molecule has 0 saturated heterocycles. The number of hydrogen-bond acceptors (Lipinski definition) is 5. The predicted molar refractivity (Wildman–Crippen MR) is 114 cm³/mol. The highest BCUT2D eigenvalue weighted by atomic mass is 35.5. The Morgan fingerprint density at radius 2 is 1.94 bits per heavy atom. The SMILES string of the molecule is O=C(NC(=O)C1CCCCC1)c1c(F)ccc(OCc2nc3cc(Cl)ccc3s2)c1F. The number of halogens is 3. The summed E-state index contributed by atoms with van der Waals surface area (Å²) in [5, 5.41) is 3.25. The highest BCUT2D eigenvalue weighted by Crippen LogP contribution is 2.28. The van der Waals surface area contributed by atoms with E-state index in [0.717, 1.165) is 36.1 Å². The fraction of sp³-hybridized carbons (Fsp3) is 0.318. The van der Waals surface area contributed by atoms with Gasteiger partial charge in [0.25, 0.3) is 5.91 Å². The third kappa shape index (κ3) is 4.85. The number of thiazole rings is 1. The van der Waals surface area contributed by atoms with Crippen LogP contribution in [0.25, 0.3) is 10.2 Å². The van der Waals surface area contributed by atoms with Crippen LogP contribution >= 0.6 is 22.9 Å². The summed E-state index contributed by atoms with van der Waals surface area (Å²) in [6.07, 6.45) is 4.18. The number of imide groups is 1. The number of ether oxygens (including phenoxy) is 1. The average molecular weight is 465 g/mol. The van der Waals surface area contributed by atoms with Gasteiger partial charge < -0.3 is 4.74 Å². The number of amides is 2. The van der Waals surface area contributed by atoms with Gasteiger partial charge in [-0.05, 0) is 43.2 Å². The van der Waals surface area contributed by atoms with Crippen molar-refractivity contribution in [3.05, 3.63) is 57.6 Å². The standard InChI is InChI=1S/C22H19ClF2N2O3S/c23-13-6-9-17-15(10-13)26-18(31-17)11-30-16-8-7-14(24)19(20(16)25)22(29)27-21(28)12-4-2-1-3-5-12/h6-10,12H,1-5,11H2,(H,27,28,29). The minimum absolute atomic E-state index is 0.0679. The molecule has 0 unspecified atom stereocenters. The predicted octanol–water partition coefficient (Wildman–Crippen LogP) is 5.64. The number of nitrogens with one attached hydrogen (secondary N) is 1. The third-order valence-corrected chi connectivity index (χ3v) is 6.49. The Morgan fingerprint density at radius 3 is 2.71 bits per heavy atom. The first-order valence-corrected chi connectivity index (χ1v) is 11.1. The van der Waals surface area contributed by atoms with Gasteiger partial charge in [0.2, 0.25) is 5.91 Å². The number of carbonyl (C=O) groups is 2. The minimum Gasteiger partial charge on any atom is -0.483 e. The van der Waals surface area contributed by atoms with Gasteiger partial charge in [-0.3, -0.25) is 14.9 Å². The quantitative estimate of drug-likeness (QED) is 0.496. The lowest BCUT2D eigenvalue weighted by atomic mass is 9.88. The largest absolute Gasteiger partial charge is 0.483 e. The Hall–Kier alpha value is -2.58. The smallest absolute Gasteiger partial charge is 0.263 e. The Bertz CT molecular complexity index is 1150. The summed E-state index contributed by atoms with van der Waals surface area (Å²) >= 11 is 7.31. The summed E-state index contributed by atoms with van der Waals surface area (Å²) in [6, 6.07) is 7.32. The number of carbonyl (C=O) groups excluding carboxylic acids is 2. The van der Waals surface area contributed by atoms with Crippen LogP contribution in [0.3, 0.4) is 0 Å². The van der Waals surface area contributed by atoms with Crippen LogP contribution < -0.4 is 10.1 Å². The van der Waals surface area contributed by atoms with Gasteiger partial charge in [0, 0.05) is 10.9 Å². The molecule has 1 N–H and O–H groups in total.